The molecule has 2 rings (SSSR count). The lowest BCUT2D eigenvalue weighted by molar-refractivity contribution is 0.346. The van der Waals surface area contributed by atoms with Gasteiger partial charge in [0.1, 0.15) is 0 Å². The van der Waals surface area contributed by atoms with Crippen molar-refractivity contribution >= 4 is 23.5 Å². The van der Waals surface area contributed by atoms with E-state index in [1.807, 2.05) is 11.9 Å². The van der Waals surface area contributed by atoms with E-state index in [-0.39, 0.29) is 5.28 Å². The molecule has 0 amide bonds. The zero-order valence-corrected chi connectivity index (χ0v) is 11.6. The van der Waals surface area contributed by atoms with Crippen LogP contribution in [0.3, 0.4) is 0 Å². The van der Waals surface area contributed by atoms with E-state index in [9.17, 15) is 0 Å². The summed E-state index contributed by atoms with van der Waals surface area (Å²) in [7, 11) is 3.74. The number of aromatic nitrogens is 3. The molecule has 1 fully saturated rings. The Labute approximate surface area is 112 Å². The van der Waals surface area contributed by atoms with E-state index in [4.69, 9.17) is 11.6 Å². The molecule has 1 saturated heterocycles. The highest BCUT2D eigenvalue weighted by molar-refractivity contribution is 6.28. The maximum absolute atomic E-state index is 5.86. The number of anilines is 2. The maximum atomic E-state index is 5.86. The summed E-state index contributed by atoms with van der Waals surface area (Å²) >= 11 is 5.86. The molecule has 1 N–H and O–H groups in total. The summed E-state index contributed by atoms with van der Waals surface area (Å²) in [4.78, 5) is 16.9. The number of hydrogen-bond donors (Lipinski definition) is 1. The summed E-state index contributed by atoms with van der Waals surface area (Å²) in [6, 6.07) is 0. The van der Waals surface area contributed by atoms with Gasteiger partial charge in [-0.15, -0.1) is 0 Å². The van der Waals surface area contributed by atoms with Crippen molar-refractivity contribution in [1.29, 1.82) is 0 Å². The monoisotopic (exact) mass is 270 g/mol. The van der Waals surface area contributed by atoms with Crippen LogP contribution in [0, 0.1) is 0 Å². The van der Waals surface area contributed by atoms with Crippen LogP contribution in [0.2, 0.25) is 5.28 Å². The van der Waals surface area contributed by atoms with E-state index < -0.39 is 0 Å². The third kappa shape index (κ3) is 3.43. The van der Waals surface area contributed by atoms with E-state index in [1.165, 1.54) is 25.9 Å². The number of likely N-dealkylation sites (N-methyl/N-ethyl adjacent to an activating group) is 1. The standard InChI is InChI=1S/C11H19ClN6/c1-13-10-14-9(12)15-11(16-10)17(2)7-8-18-5-3-4-6-18/h3-8H2,1-2H3,(H,13,14,15,16). The number of likely N-dealkylation sites (tertiary alicyclic amines) is 1. The Hall–Kier alpha value is -1.14. The molecule has 2 heterocycles. The Balaban J connectivity index is 1.94. The van der Waals surface area contributed by atoms with Gasteiger partial charge in [-0.2, -0.15) is 15.0 Å². The molecule has 7 heteroatoms. The molecule has 0 saturated carbocycles. The van der Waals surface area contributed by atoms with Crippen molar-refractivity contribution < 1.29 is 0 Å². The summed E-state index contributed by atoms with van der Waals surface area (Å²) in [5.74, 6) is 1.11. The maximum Gasteiger partial charge on any atom is 0.231 e. The molecular formula is C11H19ClN6. The molecule has 18 heavy (non-hydrogen) atoms. The predicted molar refractivity (Wildman–Crippen MR) is 73.3 cm³/mol. The number of nitrogens with one attached hydrogen (secondary N) is 1. The van der Waals surface area contributed by atoms with Crippen LogP contribution in [-0.4, -0.2) is 60.1 Å². The topological polar surface area (TPSA) is 57.2 Å². The summed E-state index contributed by atoms with van der Waals surface area (Å²) in [6.07, 6.45) is 2.62. The summed E-state index contributed by atoms with van der Waals surface area (Å²) in [5, 5.41) is 3.10. The van der Waals surface area contributed by atoms with Crippen molar-refractivity contribution in [3.8, 4) is 0 Å². The summed E-state index contributed by atoms with van der Waals surface area (Å²) in [5.41, 5.74) is 0. The minimum absolute atomic E-state index is 0.220. The van der Waals surface area contributed by atoms with Gasteiger partial charge in [-0.1, -0.05) is 0 Å². The SMILES string of the molecule is CNc1nc(Cl)nc(N(C)CCN2CCCC2)n1. The highest BCUT2D eigenvalue weighted by atomic mass is 35.5. The molecule has 0 unspecified atom stereocenters. The second kappa shape index (κ2) is 6.15. The Morgan fingerprint density at radius 2 is 2.00 bits per heavy atom. The van der Waals surface area contributed by atoms with E-state index >= 15 is 0 Å². The van der Waals surface area contributed by atoms with E-state index in [1.54, 1.807) is 7.05 Å². The van der Waals surface area contributed by atoms with Crippen LogP contribution < -0.4 is 10.2 Å². The first-order valence-corrected chi connectivity index (χ1v) is 6.59. The van der Waals surface area contributed by atoms with Crippen molar-refractivity contribution in [3.63, 3.8) is 0 Å². The summed E-state index contributed by atoms with van der Waals surface area (Å²) in [6.45, 7) is 4.33. The second-order valence-electron chi connectivity index (χ2n) is 4.45. The third-order valence-electron chi connectivity index (χ3n) is 3.11. The lowest BCUT2D eigenvalue weighted by Gasteiger charge is -2.21. The first-order valence-electron chi connectivity index (χ1n) is 6.22. The van der Waals surface area contributed by atoms with Crippen LogP contribution in [0.1, 0.15) is 12.8 Å². The van der Waals surface area contributed by atoms with Crippen LogP contribution in [0.15, 0.2) is 0 Å². The van der Waals surface area contributed by atoms with Crippen molar-refractivity contribution in [3.05, 3.63) is 5.28 Å². The second-order valence-corrected chi connectivity index (χ2v) is 4.79. The fourth-order valence-corrected chi connectivity index (χ4v) is 2.18. The fourth-order valence-electron chi connectivity index (χ4n) is 2.02. The molecule has 1 aliphatic rings. The lowest BCUT2D eigenvalue weighted by Crippen LogP contribution is -2.32. The van der Waals surface area contributed by atoms with Gasteiger partial charge in [0.2, 0.25) is 17.2 Å². The Morgan fingerprint density at radius 3 is 2.67 bits per heavy atom. The molecule has 1 aromatic rings. The zero-order chi connectivity index (χ0) is 13.0. The van der Waals surface area contributed by atoms with Gasteiger partial charge in [0.15, 0.2) is 0 Å². The van der Waals surface area contributed by atoms with Gasteiger partial charge in [0.25, 0.3) is 0 Å². The molecule has 0 bridgehead atoms. The Morgan fingerprint density at radius 1 is 1.28 bits per heavy atom. The molecule has 0 aliphatic carbocycles. The Kier molecular flexibility index (Phi) is 4.54. The quantitative estimate of drug-likeness (QED) is 0.865. The van der Waals surface area contributed by atoms with Crippen molar-refractivity contribution in [2.75, 3.05) is 50.5 Å². The van der Waals surface area contributed by atoms with Crippen LogP contribution >= 0.6 is 11.6 Å². The van der Waals surface area contributed by atoms with Crippen LogP contribution in [-0.2, 0) is 0 Å². The van der Waals surface area contributed by atoms with E-state index in [2.05, 4.69) is 25.2 Å². The molecule has 1 aliphatic heterocycles. The van der Waals surface area contributed by atoms with Crippen molar-refractivity contribution in [1.82, 2.24) is 19.9 Å². The van der Waals surface area contributed by atoms with Gasteiger partial charge >= 0.3 is 0 Å². The average molecular weight is 271 g/mol. The van der Waals surface area contributed by atoms with Crippen LogP contribution in [0.25, 0.3) is 0 Å². The summed E-state index contributed by atoms with van der Waals surface area (Å²) < 4.78 is 0. The number of halogens is 1. The van der Waals surface area contributed by atoms with Gasteiger partial charge in [0.05, 0.1) is 0 Å². The first kappa shape index (κ1) is 13.3. The fraction of sp³-hybridized carbons (Fsp3) is 0.727. The first-order chi connectivity index (χ1) is 8.69. The Bertz CT molecular complexity index is 393. The molecule has 0 aromatic carbocycles. The van der Waals surface area contributed by atoms with Gasteiger partial charge in [-0.3, -0.25) is 0 Å². The molecule has 0 atom stereocenters. The normalized spacial score (nSPS) is 15.9. The number of rotatable bonds is 5. The number of hydrogen-bond acceptors (Lipinski definition) is 6. The van der Waals surface area contributed by atoms with Gasteiger partial charge in [-0.25, -0.2) is 0 Å². The van der Waals surface area contributed by atoms with Crippen LogP contribution in [0.4, 0.5) is 11.9 Å². The lowest BCUT2D eigenvalue weighted by atomic mass is 10.4. The molecule has 100 valence electrons. The molecule has 6 nitrogen and oxygen atoms in total. The highest BCUT2D eigenvalue weighted by Gasteiger charge is 2.13. The highest BCUT2D eigenvalue weighted by Crippen LogP contribution is 2.13. The van der Waals surface area contributed by atoms with Crippen molar-refractivity contribution in [2.24, 2.45) is 0 Å². The third-order valence-corrected chi connectivity index (χ3v) is 3.28. The molecule has 0 spiro atoms. The van der Waals surface area contributed by atoms with Gasteiger partial charge in [0, 0.05) is 27.2 Å². The minimum atomic E-state index is 0.220. The number of nitrogens with zero attached hydrogens (tertiary/aromatic N) is 5. The van der Waals surface area contributed by atoms with Gasteiger partial charge in [-0.05, 0) is 37.5 Å². The van der Waals surface area contributed by atoms with E-state index in [0.717, 1.165) is 13.1 Å². The zero-order valence-electron chi connectivity index (χ0n) is 10.9. The molecule has 1 aromatic heterocycles. The average Bonchev–Trinajstić information content (AvgIpc) is 2.88. The molecule has 0 radical (unpaired) electrons. The predicted octanol–water partition coefficient (Wildman–Crippen LogP) is 1.10. The largest absolute Gasteiger partial charge is 0.357 e. The van der Waals surface area contributed by atoms with E-state index in [0.29, 0.717) is 11.9 Å². The smallest absolute Gasteiger partial charge is 0.231 e. The molecular weight excluding hydrogens is 252 g/mol. The minimum Gasteiger partial charge on any atom is -0.357 e. The van der Waals surface area contributed by atoms with Crippen LogP contribution in [0.5, 0.6) is 0 Å². The van der Waals surface area contributed by atoms with Crippen molar-refractivity contribution in [2.45, 2.75) is 12.8 Å². The van der Waals surface area contributed by atoms with Gasteiger partial charge < -0.3 is 15.1 Å².